The molecular weight excluding hydrogens is 220 g/mol. The Hall–Kier alpha value is -1.43. The van der Waals surface area contributed by atoms with Crippen molar-refractivity contribution in [3.63, 3.8) is 0 Å². The predicted molar refractivity (Wildman–Crippen MR) is 63.3 cm³/mol. The molecule has 0 unspecified atom stereocenters. The molecule has 0 atom stereocenters. The molecule has 0 N–H and O–H groups in total. The van der Waals surface area contributed by atoms with Crippen molar-refractivity contribution >= 4 is 5.97 Å². The normalized spacial score (nSPS) is 10.8. The summed E-state index contributed by atoms with van der Waals surface area (Å²) >= 11 is 0. The van der Waals surface area contributed by atoms with Crippen LogP contribution in [-0.4, -0.2) is 45.8 Å². The van der Waals surface area contributed by atoms with Crippen LogP contribution in [0.1, 0.15) is 26.1 Å². The van der Waals surface area contributed by atoms with Gasteiger partial charge in [-0.2, -0.15) is 5.10 Å². The zero-order chi connectivity index (χ0) is 12.7. The lowest BCUT2D eigenvalue weighted by Crippen LogP contribution is -2.31. The fourth-order valence-corrected chi connectivity index (χ4v) is 1.54. The van der Waals surface area contributed by atoms with Crippen molar-refractivity contribution in [3.05, 3.63) is 12.2 Å². The second kappa shape index (κ2) is 7.01. The minimum Gasteiger partial charge on any atom is -0.468 e. The van der Waals surface area contributed by atoms with Crippen LogP contribution < -0.4 is 0 Å². The third kappa shape index (κ3) is 4.14. The number of ether oxygens (including phenoxy) is 1. The molecule has 1 aromatic rings. The molecule has 1 heterocycles. The molecule has 0 aliphatic heterocycles. The fourth-order valence-electron chi connectivity index (χ4n) is 1.54. The van der Waals surface area contributed by atoms with Gasteiger partial charge in [0.05, 0.1) is 20.2 Å². The van der Waals surface area contributed by atoms with Crippen molar-refractivity contribution in [3.8, 4) is 0 Å². The lowest BCUT2D eigenvalue weighted by atomic mass is 10.4. The van der Waals surface area contributed by atoms with E-state index >= 15 is 0 Å². The number of carbonyl (C=O) groups is 1. The van der Waals surface area contributed by atoms with Crippen LogP contribution in [0.5, 0.6) is 0 Å². The largest absolute Gasteiger partial charge is 0.468 e. The molecule has 1 rings (SSSR count). The van der Waals surface area contributed by atoms with Crippen LogP contribution >= 0.6 is 0 Å². The first-order chi connectivity index (χ1) is 8.21. The Labute approximate surface area is 102 Å². The molecule has 0 spiro atoms. The van der Waals surface area contributed by atoms with Crippen LogP contribution in [0.2, 0.25) is 0 Å². The number of carbonyl (C=O) groups excluding carboxylic acids is 1. The highest BCUT2D eigenvalue weighted by Crippen LogP contribution is 2.02. The van der Waals surface area contributed by atoms with Gasteiger partial charge in [0.2, 0.25) is 0 Å². The molecule has 0 aliphatic carbocycles. The molecule has 17 heavy (non-hydrogen) atoms. The van der Waals surface area contributed by atoms with Gasteiger partial charge < -0.3 is 4.74 Å². The lowest BCUT2D eigenvalue weighted by molar-refractivity contribution is -0.142. The summed E-state index contributed by atoms with van der Waals surface area (Å²) in [4.78, 5) is 17.4. The summed E-state index contributed by atoms with van der Waals surface area (Å²) in [6.07, 6.45) is 2.57. The van der Waals surface area contributed by atoms with Crippen molar-refractivity contribution in [1.29, 1.82) is 0 Å². The molecule has 0 radical (unpaired) electrons. The zero-order valence-corrected chi connectivity index (χ0v) is 10.7. The summed E-state index contributed by atoms with van der Waals surface area (Å²) < 4.78 is 6.53. The van der Waals surface area contributed by atoms with Crippen molar-refractivity contribution < 1.29 is 9.53 Å². The molecule has 96 valence electrons. The van der Waals surface area contributed by atoms with Gasteiger partial charge >= 0.3 is 5.97 Å². The summed E-state index contributed by atoms with van der Waals surface area (Å²) in [5, 5.41) is 4.16. The molecule has 6 heteroatoms. The number of aromatic nitrogens is 3. The second-order valence-electron chi connectivity index (χ2n) is 3.78. The number of nitrogens with zero attached hydrogens (tertiary/aromatic N) is 4. The third-order valence-corrected chi connectivity index (χ3v) is 2.52. The Bertz CT molecular complexity index is 351. The smallest absolute Gasteiger partial charge is 0.319 e. The average molecular weight is 240 g/mol. The van der Waals surface area contributed by atoms with E-state index in [0.717, 1.165) is 25.3 Å². The highest BCUT2D eigenvalue weighted by atomic mass is 16.5. The van der Waals surface area contributed by atoms with Crippen LogP contribution in [0.15, 0.2) is 6.33 Å². The van der Waals surface area contributed by atoms with Crippen molar-refractivity contribution in [2.75, 3.05) is 20.2 Å². The first-order valence-electron chi connectivity index (χ1n) is 5.87. The van der Waals surface area contributed by atoms with E-state index in [1.165, 1.54) is 7.11 Å². The fraction of sp³-hybridized carbons (Fsp3) is 0.727. The van der Waals surface area contributed by atoms with Crippen LogP contribution in [0.3, 0.4) is 0 Å². The minimum atomic E-state index is -0.228. The molecule has 0 aliphatic rings. The Kier molecular flexibility index (Phi) is 5.62. The number of methoxy groups -OCH3 is 1. The minimum absolute atomic E-state index is 0.228. The van der Waals surface area contributed by atoms with Crippen molar-refractivity contribution in [1.82, 2.24) is 19.7 Å². The van der Waals surface area contributed by atoms with E-state index in [-0.39, 0.29) is 12.5 Å². The molecule has 0 fully saturated rings. The van der Waals surface area contributed by atoms with Crippen molar-refractivity contribution in [2.45, 2.75) is 33.4 Å². The summed E-state index contributed by atoms with van der Waals surface area (Å²) in [7, 11) is 1.40. The van der Waals surface area contributed by atoms with E-state index in [0.29, 0.717) is 6.54 Å². The summed E-state index contributed by atoms with van der Waals surface area (Å²) in [5.41, 5.74) is 0. The topological polar surface area (TPSA) is 60.2 Å². The summed E-state index contributed by atoms with van der Waals surface area (Å²) in [5.74, 6) is 0.658. The van der Waals surface area contributed by atoms with Crippen LogP contribution in [0, 0.1) is 0 Å². The molecule has 0 bridgehead atoms. The van der Waals surface area contributed by atoms with E-state index in [1.807, 2.05) is 16.5 Å². The molecule has 0 saturated carbocycles. The summed E-state index contributed by atoms with van der Waals surface area (Å²) in [6, 6.07) is 0. The van der Waals surface area contributed by atoms with Crippen LogP contribution in [0.25, 0.3) is 0 Å². The van der Waals surface area contributed by atoms with E-state index < -0.39 is 0 Å². The number of likely N-dealkylation sites (N-methyl/N-ethyl adjacent to an activating group) is 1. The number of aryl methyl sites for hydroxylation is 1. The maximum absolute atomic E-state index is 11.2. The maximum atomic E-state index is 11.2. The first kappa shape index (κ1) is 13.6. The SMILES string of the molecule is CCCn1ncnc1CN(CC)CC(=O)OC. The van der Waals surface area contributed by atoms with Crippen molar-refractivity contribution in [2.24, 2.45) is 0 Å². The molecule has 0 amide bonds. The number of hydrogen-bond donors (Lipinski definition) is 0. The van der Waals surface area contributed by atoms with E-state index in [9.17, 15) is 4.79 Å². The second-order valence-corrected chi connectivity index (χ2v) is 3.78. The number of hydrogen-bond acceptors (Lipinski definition) is 5. The summed E-state index contributed by atoms with van der Waals surface area (Å²) in [6.45, 7) is 6.62. The van der Waals surface area contributed by atoms with Gasteiger partial charge in [0.25, 0.3) is 0 Å². The average Bonchev–Trinajstić information content (AvgIpc) is 2.76. The molecule has 1 aromatic heterocycles. The van der Waals surface area contributed by atoms with Gasteiger partial charge in [-0.15, -0.1) is 0 Å². The van der Waals surface area contributed by atoms with Gasteiger partial charge in [-0.3, -0.25) is 9.69 Å². The molecule has 6 nitrogen and oxygen atoms in total. The van der Waals surface area contributed by atoms with Gasteiger partial charge in [-0.25, -0.2) is 9.67 Å². The van der Waals surface area contributed by atoms with Crippen LogP contribution in [0.4, 0.5) is 0 Å². The van der Waals surface area contributed by atoms with E-state index in [4.69, 9.17) is 0 Å². The highest BCUT2D eigenvalue weighted by molar-refractivity contribution is 5.71. The maximum Gasteiger partial charge on any atom is 0.319 e. The number of esters is 1. The molecule has 0 aromatic carbocycles. The molecule has 0 saturated heterocycles. The standard InChI is InChI=1S/C11H20N4O2/c1-4-6-15-10(12-9-13-15)7-14(5-2)8-11(16)17-3/h9H,4-8H2,1-3H3. The van der Waals surface area contributed by atoms with E-state index in [2.05, 4.69) is 21.7 Å². The van der Waals surface area contributed by atoms with Gasteiger partial charge in [-0.05, 0) is 13.0 Å². The Morgan fingerprint density at radius 3 is 2.88 bits per heavy atom. The Morgan fingerprint density at radius 1 is 1.53 bits per heavy atom. The third-order valence-electron chi connectivity index (χ3n) is 2.52. The predicted octanol–water partition coefficient (Wildman–Crippen LogP) is 0.683. The van der Waals surface area contributed by atoms with Gasteiger partial charge in [0.1, 0.15) is 12.2 Å². The zero-order valence-electron chi connectivity index (χ0n) is 10.7. The number of rotatable bonds is 7. The van der Waals surface area contributed by atoms with Gasteiger partial charge in [0.15, 0.2) is 0 Å². The lowest BCUT2D eigenvalue weighted by Gasteiger charge is -2.18. The monoisotopic (exact) mass is 240 g/mol. The Morgan fingerprint density at radius 2 is 2.29 bits per heavy atom. The molecular formula is C11H20N4O2. The van der Waals surface area contributed by atoms with E-state index in [1.54, 1.807) is 6.33 Å². The highest BCUT2D eigenvalue weighted by Gasteiger charge is 2.13. The quantitative estimate of drug-likeness (QED) is 0.656. The van der Waals surface area contributed by atoms with Crippen LogP contribution in [-0.2, 0) is 22.6 Å². The van der Waals surface area contributed by atoms with Gasteiger partial charge in [0, 0.05) is 6.54 Å². The van der Waals surface area contributed by atoms with Gasteiger partial charge in [-0.1, -0.05) is 13.8 Å². The first-order valence-corrected chi connectivity index (χ1v) is 5.87. The Balaban J connectivity index is 2.60.